The number of fused-ring (bicyclic) bond motifs is 3. The lowest BCUT2D eigenvalue weighted by atomic mass is 10.0. The highest BCUT2D eigenvalue weighted by molar-refractivity contribution is 6.09. The SMILES string of the molecule is COc1ccc2c(c1)nc(-c1ccc(N(C)C)cc1)c1[nH]ccc12. The highest BCUT2D eigenvalue weighted by Crippen LogP contribution is 2.33. The number of hydrogen-bond donors (Lipinski definition) is 1. The Morgan fingerprint density at radius 3 is 2.46 bits per heavy atom. The zero-order valence-corrected chi connectivity index (χ0v) is 14.0. The first kappa shape index (κ1) is 14.6. The van der Waals surface area contributed by atoms with Crippen LogP contribution in [-0.2, 0) is 0 Å². The van der Waals surface area contributed by atoms with E-state index < -0.39 is 0 Å². The number of benzene rings is 2. The molecule has 4 rings (SSSR count). The molecule has 2 heterocycles. The first-order chi connectivity index (χ1) is 11.7. The van der Waals surface area contributed by atoms with Crippen LogP contribution in [0.25, 0.3) is 33.1 Å². The molecule has 0 saturated heterocycles. The van der Waals surface area contributed by atoms with E-state index in [0.717, 1.165) is 33.4 Å². The number of ether oxygens (including phenoxy) is 1. The van der Waals surface area contributed by atoms with Gasteiger partial charge >= 0.3 is 0 Å². The van der Waals surface area contributed by atoms with Gasteiger partial charge in [-0.05, 0) is 30.3 Å². The van der Waals surface area contributed by atoms with Crippen LogP contribution in [0.15, 0.2) is 54.7 Å². The molecule has 0 aliphatic heterocycles. The van der Waals surface area contributed by atoms with Crippen molar-refractivity contribution >= 4 is 27.5 Å². The molecule has 4 heteroatoms. The summed E-state index contributed by atoms with van der Waals surface area (Å²) in [5, 5.41) is 2.30. The summed E-state index contributed by atoms with van der Waals surface area (Å²) in [6.07, 6.45) is 1.97. The number of rotatable bonds is 3. The molecule has 24 heavy (non-hydrogen) atoms. The van der Waals surface area contributed by atoms with Gasteiger partial charge in [0.05, 0.1) is 23.8 Å². The molecule has 0 saturated carbocycles. The van der Waals surface area contributed by atoms with Gasteiger partial charge in [-0.3, -0.25) is 0 Å². The molecule has 2 aromatic heterocycles. The molecule has 4 aromatic rings. The summed E-state index contributed by atoms with van der Waals surface area (Å²) in [6.45, 7) is 0. The zero-order chi connectivity index (χ0) is 16.7. The van der Waals surface area contributed by atoms with Crippen LogP contribution in [0.2, 0.25) is 0 Å². The zero-order valence-electron chi connectivity index (χ0n) is 14.0. The highest BCUT2D eigenvalue weighted by atomic mass is 16.5. The molecule has 120 valence electrons. The summed E-state index contributed by atoms with van der Waals surface area (Å²) < 4.78 is 5.35. The first-order valence-electron chi connectivity index (χ1n) is 7.90. The second kappa shape index (κ2) is 5.57. The molecule has 0 fully saturated rings. The van der Waals surface area contributed by atoms with Crippen LogP contribution in [0.4, 0.5) is 5.69 Å². The van der Waals surface area contributed by atoms with Gasteiger partial charge in [0.1, 0.15) is 5.75 Å². The second-order valence-electron chi connectivity index (χ2n) is 6.05. The van der Waals surface area contributed by atoms with E-state index in [9.17, 15) is 0 Å². The Morgan fingerprint density at radius 1 is 0.958 bits per heavy atom. The van der Waals surface area contributed by atoms with Crippen LogP contribution in [0, 0.1) is 0 Å². The van der Waals surface area contributed by atoms with Crippen LogP contribution in [0.1, 0.15) is 0 Å². The molecular weight excluding hydrogens is 298 g/mol. The smallest absolute Gasteiger partial charge is 0.121 e. The number of methoxy groups -OCH3 is 1. The van der Waals surface area contributed by atoms with Gasteiger partial charge in [0.15, 0.2) is 0 Å². The van der Waals surface area contributed by atoms with Crippen LogP contribution in [0.5, 0.6) is 5.75 Å². The van der Waals surface area contributed by atoms with E-state index in [0.29, 0.717) is 0 Å². The molecule has 0 bridgehead atoms. The third kappa shape index (κ3) is 2.27. The van der Waals surface area contributed by atoms with E-state index in [1.165, 1.54) is 11.1 Å². The van der Waals surface area contributed by atoms with E-state index in [2.05, 4.69) is 46.3 Å². The molecule has 0 amide bonds. The second-order valence-corrected chi connectivity index (χ2v) is 6.05. The quantitative estimate of drug-likeness (QED) is 0.606. The Labute approximate surface area is 140 Å². The topological polar surface area (TPSA) is 41.1 Å². The third-order valence-corrected chi connectivity index (χ3v) is 4.37. The van der Waals surface area contributed by atoms with Gasteiger partial charge in [0.25, 0.3) is 0 Å². The van der Waals surface area contributed by atoms with Crippen molar-refractivity contribution in [2.24, 2.45) is 0 Å². The molecule has 0 spiro atoms. The molecular formula is C20H19N3O. The van der Waals surface area contributed by atoms with E-state index in [4.69, 9.17) is 9.72 Å². The van der Waals surface area contributed by atoms with Crippen molar-refractivity contribution in [2.75, 3.05) is 26.1 Å². The number of nitrogens with one attached hydrogen (secondary N) is 1. The largest absolute Gasteiger partial charge is 0.497 e. The Kier molecular flexibility index (Phi) is 3.38. The van der Waals surface area contributed by atoms with Gasteiger partial charge in [0, 0.05) is 48.4 Å². The molecule has 0 unspecified atom stereocenters. The monoisotopic (exact) mass is 317 g/mol. The maximum absolute atomic E-state index is 5.35. The fourth-order valence-electron chi connectivity index (χ4n) is 3.05. The molecule has 1 N–H and O–H groups in total. The van der Waals surface area contributed by atoms with Gasteiger partial charge in [-0.2, -0.15) is 0 Å². The van der Waals surface area contributed by atoms with Gasteiger partial charge in [-0.1, -0.05) is 12.1 Å². The average molecular weight is 317 g/mol. The van der Waals surface area contributed by atoms with Crippen molar-refractivity contribution in [3.63, 3.8) is 0 Å². The number of aromatic amines is 1. The fourth-order valence-corrected chi connectivity index (χ4v) is 3.05. The van der Waals surface area contributed by atoms with Crippen molar-refractivity contribution in [1.29, 1.82) is 0 Å². The predicted molar refractivity (Wildman–Crippen MR) is 99.9 cm³/mol. The Hall–Kier alpha value is -3.01. The van der Waals surface area contributed by atoms with Gasteiger partial charge < -0.3 is 14.6 Å². The molecule has 0 aliphatic rings. The summed E-state index contributed by atoms with van der Waals surface area (Å²) in [5.74, 6) is 0.818. The summed E-state index contributed by atoms with van der Waals surface area (Å²) in [7, 11) is 5.76. The van der Waals surface area contributed by atoms with Crippen LogP contribution in [0.3, 0.4) is 0 Å². The number of aromatic nitrogens is 2. The minimum Gasteiger partial charge on any atom is -0.497 e. The Balaban J connectivity index is 1.97. The summed E-state index contributed by atoms with van der Waals surface area (Å²) in [6, 6.07) is 16.6. The average Bonchev–Trinajstić information content (AvgIpc) is 3.10. The predicted octanol–water partition coefficient (Wildman–Crippen LogP) is 4.46. The number of anilines is 1. The van der Waals surface area contributed by atoms with Crippen molar-refractivity contribution in [3.8, 4) is 17.0 Å². The maximum Gasteiger partial charge on any atom is 0.121 e. The molecule has 4 nitrogen and oxygen atoms in total. The minimum atomic E-state index is 0.818. The van der Waals surface area contributed by atoms with Gasteiger partial charge in [0.2, 0.25) is 0 Å². The number of pyridine rings is 1. The third-order valence-electron chi connectivity index (χ3n) is 4.37. The van der Waals surface area contributed by atoms with Crippen molar-refractivity contribution in [2.45, 2.75) is 0 Å². The minimum absolute atomic E-state index is 0.818. The lowest BCUT2D eigenvalue weighted by molar-refractivity contribution is 0.415. The summed E-state index contributed by atoms with van der Waals surface area (Å²) >= 11 is 0. The molecule has 0 atom stereocenters. The molecule has 0 radical (unpaired) electrons. The standard InChI is InChI=1S/C20H19N3O/c1-23(2)14-6-4-13(5-7-14)19-20-17(10-11-21-20)16-9-8-15(24-3)12-18(16)22-19/h4-12,21H,1-3H3. The molecule has 0 aliphatic carbocycles. The highest BCUT2D eigenvalue weighted by Gasteiger charge is 2.12. The number of nitrogens with zero attached hydrogens (tertiary/aromatic N) is 2. The van der Waals surface area contributed by atoms with Crippen molar-refractivity contribution < 1.29 is 4.74 Å². The van der Waals surface area contributed by atoms with Crippen LogP contribution >= 0.6 is 0 Å². The van der Waals surface area contributed by atoms with Crippen LogP contribution < -0.4 is 9.64 Å². The van der Waals surface area contributed by atoms with Gasteiger partial charge in [-0.25, -0.2) is 4.98 Å². The molecule has 2 aromatic carbocycles. The van der Waals surface area contributed by atoms with E-state index in [-0.39, 0.29) is 0 Å². The van der Waals surface area contributed by atoms with E-state index in [1.54, 1.807) is 7.11 Å². The van der Waals surface area contributed by atoms with E-state index >= 15 is 0 Å². The van der Waals surface area contributed by atoms with Crippen LogP contribution in [-0.4, -0.2) is 31.2 Å². The summed E-state index contributed by atoms with van der Waals surface area (Å²) in [4.78, 5) is 10.3. The number of hydrogen-bond acceptors (Lipinski definition) is 3. The van der Waals surface area contributed by atoms with E-state index in [1.807, 2.05) is 32.4 Å². The van der Waals surface area contributed by atoms with Gasteiger partial charge in [-0.15, -0.1) is 0 Å². The summed E-state index contributed by atoms with van der Waals surface area (Å²) in [5.41, 5.74) is 5.22. The number of H-pyrrole nitrogens is 1. The van der Waals surface area contributed by atoms with Crippen molar-refractivity contribution in [1.82, 2.24) is 9.97 Å². The Bertz CT molecular complexity index is 1020. The lowest BCUT2D eigenvalue weighted by Gasteiger charge is -2.13. The normalized spacial score (nSPS) is 11.1. The van der Waals surface area contributed by atoms with Crippen molar-refractivity contribution in [3.05, 3.63) is 54.7 Å². The lowest BCUT2D eigenvalue weighted by Crippen LogP contribution is -2.07. The maximum atomic E-state index is 5.35. The first-order valence-corrected chi connectivity index (χ1v) is 7.90. The Morgan fingerprint density at radius 2 is 1.75 bits per heavy atom. The fraction of sp³-hybridized carbons (Fsp3) is 0.150.